The average molecular weight is 428 g/mol. The van der Waals surface area contributed by atoms with E-state index >= 15 is 0 Å². The summed E-state index contributed by atoms with van der Waals surface area (Å²) in [7, 11) is 1.58. The van der Waals surface area contributed by atoms with Crippen molar-refractivity contribution in [2.75, 3.05) is 7.11 Å². The summed E-state index contributed by atoms with van der Waals surface area (Å²) in [5.41, 5.74) is 1.95. The smallest absolute Gasteiger partial charge is 0.336 e. The van der Waals surface area contributed by atoms with Crippen molar-refractivity contribution in [1.82, 2.24) is 14.8 Å². The molecule has 0 unspecified atom stereocenters. The van der Waals surface area contributed by atoms with Crippen LogP contribution in [0.5, 0.6) is 5.75 Å². The molecule has 148 valence electrons. The molecule has 8 heteroatoms. The van der Waals surface area contributed by atoms with Crippen LogP contribution in [0.15, 0.2) is 62.9 Å². The van der Waals surface area contributed by atoms with Crippen molar-refractivity contribution in [1.29, 1.82) is 0 Å². The molecule has 0 aliphatic rings. The second-order valence-corrected chi connectivity index (χ2v) is 7.68. The van der Waals surface area contributed by atoms with Crippen molar-refractivity contribution in [2.45, 2.75) is 24.4 Å². The number of hydrogen-bond donors (Lipinski definition) is 0. The van der Waals surface area contributed by atoms with Crippen LogP contribution >= 0.6 is 23.4 Å². The van der Waals surface area contributed by atoms with Crippen LogP contribution in [0.2, 0.25) is 5.02 Å². The molecule has 0 saturated heterocycles. The molecule has 0 spiro atoms. The minimum Gasteiger partial charge on any atom is -0.497 e. The molecule has 0 bridgehead atoms. The fourth-order valence-corrected chi connectivity index (χ4v) is 4.21. The van der Waals surface area contributed by atoms with E-state index in [1.165, 1.54) is 17.8 Å². The van der Waals surface area contributed by atoms with Gasteiger partial charge in [-0.2, -0.15) is 0 Å². The first kappa shape index (κ1) is 19.5. The van der Waals surface area contributed by atoms with Crippen molar-refractivity contribution in [3.05, 3.63) is 69.5 Å². The molecule has 4 rings (SSSR count). The lowest BCUT2D eigenvalue weighted by atomic mass is 10.1. The molecular weight excluding hydrogens is 410 g/mol. The molecule has 29 heavy (non-hydrogen) atoms. The van der Waals surface area contributed by atoms with Gasteiger partial charge in [-0.15, -0.1) is 10.2 Å². The fourth-order valence-electron chi connectivity index (χ4n) is 3.09. The summed E-state index contributed by atoms with van der Waals surface area (Å²) in [4.78, 5) is 12.0. The van der Waals surface area contributed by atoms with Crippen molar-refractivity contribution < 1.29 is 9.15 Å². The van der Waals surface area contributed by atoms with Crippen molar-refractivity contribution in [3.63, 3.8) is 0 Å². The standard InChI is InChI=1S/C21H18ClN3O3S/c1-3-25-20(13-4-6-15(22)7-5-13)23-24-21(25)29-12-14-10-19(26)28-18-11-16(27-2)8-9-17(14)18/h4-11H,3,12H2,1-2H3. The molecule has 0 radical (unpaired) electrons. The van der Waals surface area contributed by atoms with E-state index in [4.69, 9.17) is 20.8 Å². The lowest BCUT2D eigenvalue weighted by Gasteiger charge is -2.09. The molecule has 2 aromatic carbocycles. The van der Waals surface area contributed by atoms with Crippen molar-refractivity contribution >= 4 is 34.3 Å². The van der Waals surface area contributed by atoms with Gasteiger partial charge in [-0.25, -0.2) is 4.79 Å². The second-order valence-electron chi connectivity index (χ2n) is 6.30. The Morgan fingerprint density at radius 1 is 1.14 bits per heavy atom. The summed E-state index contributed by atoms with van der Waals surface area (Å²) in [5, 5.41) is 11.0. The first-order valence-corrected chi connectivity index (χ1v) is 10.4. The highest BCUT2D eigenvalue weighted by atomic mass is 35.5. The molecule has 0 fully saturated rings. The van der Waals surface area contributed by atoms with Gasteiger partial charge in [0.15, 0.2) is 11.0 Å². The first-order chi connectivity index (χ1) is 14.1. The third-order valence-electron chi connectivity index (χ3n) is 4.53. The van der Waals surface area contributed by atoms with E-state index in [1.54, 1.807) is 13.2 Å². The number of aromatic nitrogens is 3. The van der Waals surface area contributed by atoms with Crippen molar-refractivity contribution in [2.24, 2.45) is 0 Å². The lowest BCUT2D eigenvalue weighted by Crippen LogP contribution is -2.02. The number of benzene rings is 2. The Balaban J connectivity index is 1.64. The number of fused-ring (bicyclic) bond motifs is 1. The summed E-state index contributed by atoms with van der Waals surface area (Å²) in [6.45, 7) is 2.77. The Labute approximate surface area is 176 Å². The summed E-state index contributed by atoms with van der Waals surface area (Å²) < 4.78 is 12.6. The van der Waals surface area contributed by atoms with Crippen LogP contribution in [0.25, 0.3) is 22.4 Å². The zero-order valence-electron chi connectivity index (χ0n) is 15.9. The van der Waals surface area contributed by atoms with Gasteiger partial charge in [-0.1, -0.05) is 23.4 Å². The fraction of sp³-hybridized carbons (Fsp3) is 0.190. The molecule has 0 N–H and O–H groups in total. The normalized spacial score (nSPS) is 11.1. The number of rotatable bonds is 6. The highest BCUT2D eigenvalue weighted by Gasteiger charge is 2.15. The topological polar surface area (TPSA) is 70.2 Å². The molecule has 6 nitrogen and oxygen atoms in total. The SMILES string of the molecule is CCn1c(SCc2cc(=O)oc3cc(OC)ccc23)nnc1-c1ccc(Cl)cc1. The summed E-state index contributed by atoms with van der Waals surface area (Å²) in [6.07, 6.45) is 0. The predicted molar refractivity (Wildman–Crippen MR) is 115 cm³/mol. The van der Waals surface area contributed by atoms with Gasteiger partial charge in [0.2, 0.25) is 0 Å². The van der Waals surface area contributed by atoms with E-state index in [9.17, 15) is 4.79 Å². The van der Waals surface area contributed by atoms with Crippen molar-refractivity contribution in [3.8, 4) is 17.1 Å². The molecule has 4 aromatic rings. The zero-order valence-corrected chi connectivity index (χ0v) is 17.5. The molecule has 0 aliphatic heterocycles. The average Bonchev–Trinajstić information content (AvgIpc) is 3.14. The van der Waals surface area contributed by atoms with Gasteiger partial charge in [0.25, 0.3) is 0 Å². The Hall–Kier alpha value is -2.77. The van der Waals surface area contributed by atoms with Gasteiger partial charge in [-0.3, -0.25) is 0 Å². The third kappa shape index (κ3) is 4.02. The van der Waals surface area contributed by atoms with E-state index in [-0.39, 0.29) is 5.63 Å². The summed E-state index contributed by atoms with van der Waals surface area (Å²) in [5.74, 6) is 1.99. The van der Waals surface area contributed by atoms with Gasteiger partial charge in [0.1, 0.15) is 11.3 Å². The Morgan fingerprint density at radius 2 is 1.93 bits per heavy atom. The van der Waals surface area contributed by atoms with Gasteiger partial charge in [0, 0.05) is 40.4 Å². The quantitative estimate of drug-likeness (QED) is 0.317. The Morgan fingerprint density at radius 3 is 2.66 bits per heavy atom. The number of ether oxygens (including phenoxy) is 1. The lowest BCUT2D eigenvalue weighted by molar-refractivity contribution is 0.414. The molecular formula is C21H18ClN3O3S. The monoisotopic (exact) mass is 427 g/mol. The van der Waals surface area contributed by atoms with Crippen LogP contribution in [-0.4, -0.2) is 21.9 Å². The molecule has 0 atom stereocenters. The predicted octanol–water partition coefficient (Wildman–Crippen LogP) is 5.03. The molecule has 0 amide bonds. The van der Waals surface area contributed by atoms with Crippen LogP contribution in [-0.2, 0) is 12.3 Å². The van der Waals surface area contributed by atoms with Gasteiger partial charge >= 0.3 is 5.63 Å². The number of nitrogens with zero attached hydrogens (tertiary/aromatic N) is 3. The zero-order chi connectivity index (χ0) is 20.4. The van der Waals surface area contributed by atoms with E-state index < -0.39 is 0 Å². The summed E-state index contributed by atoms with van der Waals surface area (Å²) >= 11 is 7.52. The highest BCUT2D eigenvalue weighted by Crippen LogP contribution is 2.30. The Bertz CT molecular complexity index is 1220. The maximum atomic E-state index is 12.0. The minimum absolute atomic E-state index is 0.389. The van der Waals surface area contributed by atoms with Crippen LogP contribution in [0, 0.1) is 0 Å². The van der Waals surface area contributed by atoms with E-state index in [0.717, 1.165) is 34.0 Å². The molecule has 0 saturated carbocycles. The maximum absolute atomic E-state index is 12.0. The van der Waals surface area contributed by atoms with E-state index in [2.05, 4.69) is 10.2 Å². The number of hydrogen-bond acceptors (Lipinski definition) is 6. The largest absolute Gasteiger partial charge is 0.497 e. The highest BCUT2D eigenvalue weighted by molar-refractivity contribution is 7.98. The molecule has 0 aliphatic carbocycles. The summed E-state index contributed by atoms with van der Waals surface area (Å²) in [6, 6.07) is 14.5. The number of halogens is 1. The van der Waals surface area contributed by atoms with Crippen LogP contribution < -0.4 is 10.4 Å². The first-order valence-electron chi connectivity index (χ1n) is 9.01. The van der Waals surface area contributed by atoms with Gasteiger partial charge < -0.3 is 13.7 Å². The van der Waals surface area contributed by atoms with Crippen LogP contribution in [0.1, 0.15) is 12.5 Å². The number of methoxy groups -OCH3 is 1. The van der Waals surface area contributed by atoms with E-state index in [0.29, 0.717) is 22.1 Å². The molecule has 2 aromatic heterocycles. The third-order valence-corrected chi connectivity index (χ3v) is 5.80. The van der Waals surface area contributed by atoms with Crippen LogP contribution in [0.4, 0.5) is 0 Å². The maximum Gasteiger partial charge on any atom is 0.336 e. The Kier molecular flexibility index (Phi) is 5.60. The van der Waals surface area contributed by atoms with Crippen LogP contribution in [0.3, 0.4) is 0 Å². The number of thioether (sulfide) groups is 1. The van der Waals surface area contributed by atoms with E-state index in [1.807, 2.05) is 47.9 Å². The van der Waals surface area contributed by atoms with Gasteiger partial charge in [-0.05, 0) is 48.9 Å². The van der Waals surface area contributed by atoms with Gasteiger partial charge in [0.05, 0.1) is 7.11 Å². The minimum atomic E-state index is -0.389. The molecule has 2 heterocycles. The second kappa shape index (κ2) is 8.31.